The predicted molar refractivity (Wildman–Crippen MR) is 111 cm³/mol. The average Bonchev–Trinajstić information content (AvgIpc) is 2.55. The number of hydrogen-bond acceptors (Lipinski definition) is 4. The number of esters is 1. The van der Waals surface area contributed by atoms with Gasteiger partial charge in [0, 0.05) is 12.0 Å². The number of ether oxygens (including phenoxy) is 3. The molecule has 0 fully saturated rings. The summed E-state index contributed by atoms with van der Waals surface area (Å²) in [6.45, 7) is 17.0. The van der Waals surface area contributed by atoms with E-state index in [1.54, 1.807) is 12.1 Å². The standard InChI is InChI=1S/C23H36O4/c1-8-10-12-25-20-15-18(22(24)27-23(5,6)7)16-21(26-13-11-9-2)19(20)14-17(3)4/h15-16H,3,8-14H2,1-2,4-7H3. The first kappa shape index (κ1) is 23.1. The molecule has 0 spiro atoms. The Morgan fingerprint density at radius 3 is 1.85 bits per heavy atom. The maximum Gasteiger partial charge on any atom is 0.338 e. The van der Waals surface area contributed by atoms with Gasteiger partial charge in [0.25, 0.3) is 0 Å². The highest BCUT2D eigenvalue weighted by atomic mass is 16.6. The second kappa shape index (κ2) is 11.0. The molecule has 0 saturated heterocycles. The third-order valence-electron chi connectivity index (χ3n) is 3.79. The largest absolute Gasteiger partial charge is 0.493 e. The quantitative estimate of drug-likeness (QED) is 0.265. The molecule has 0 atom stereocenters. The molecule has 4 nitrogen and oxygen atoms in total. The molecule has 152 valence electrons. The molecule has 0 heterocycles. The van der Waals surface area contributed by atoms with E-state index in [2.05, 4.69) is 20.4 Å². The van der Waals surface area contributed by atoms with E-state index in [9.17, 15) is 4.79 Å². The molecule has 4 heteroatoms. The summed E-state index contributed by atoms with van der Waals surface area (Å²) in [4.78, 5) is 12.6. The van der Waals surface area contributed by atoms with E-state index < -0.39 is 5.60 Å². The van der Waals surface area contributed by atoms with Crippen LogP contribution in [0.3, 0.4) is 0 Å². The first-order valence-electron chi connectivity index (χ1n) is 9.98. The fourth-order valence-corrected chi connectivity index (χ4v) is 2.46. The van der Waals surface area contributed by atoms with Crippen molar-refractivity contribution in [3.05, 3.63) is 35.4 Å². The molecule has 1 aromatic carbocycles. The van der Waals surface area contributed by atoms with Gasteiger partial charge in [0.2, 0.25) is 0 Å². The number of unbranched alkanes of at least 4 members (excludes halogenated alkanes) is 2. The number of rotatable bonds is 11. The molecule has 0 aliphatic rings. The fourth-order valence-electron chi connectivity index (χ4n) is 2.46. The van der Waals surface area contributed by atoms with Crippen LogP contribution in [0, 0.1) is 0 Å². The lowest BCUT2D eigenvalue weighted by atomic mass is 10.0. The average molecular weight is 377 g/mol. The lowest BCUT2D eigenvalue weighted by molar-refractivity contribution is 0.00685. The van der Waals surface area contributed by atoms with Crippen LogP contribution in [0.5, 0.6) is 11.5 Å². The van der Waals surface area contributed by atoms with Crippen molar-refractivity contribution in [2.24, 2.45) is 0 Å². The molecular weight excluding hydrogens is 340 g/mol. The van der Waals surface area contributed by atoms with E-state index in [1.165, 1.54) is 0 Å². The van der Waals surface area contributed by atoms with Crippen molar-refractivity contribution >= 4 is 5.97 Å². The summed E-state index contributed by atoms with van der Waals surface area (Å²) in [5.74, 6) is 0.993. The first-order valence-corrected chi connectivity index (χ1v) is 9.98. The molecule has 0 aliphatic carbocycles. The summed E-state index contributed by atoms with van der Waals surface area (Å²) in [5, 5.41) is 0. The van der Waals surface area contributed by atoms with Crippen LogP contribution >= 0.6 is 0 Å². The SMILES string of the molecule is C=C(C)Cc1c(OCCCC)cc(C(=O)OC(C)(C)C)cc1OCCCC. The van der Waals surface area contributed by atoms with Gasteiger partial charge in [-0.05, 0) is 52.7 Å². The minimum absolute atomic E-state index is 0.370. The van der Waals surface area contributed by atoms with Gasteiger partial charge in [-0.3, -0.25) is 0 Å². The maximum absolute atomic E-state index is 12.6. The molecule has 0 amide bonds. The van der Waals surface area contributed by atoms with Gasteiger partial charge in [-0.15, -0.1) is 0 Å². The van der Waals surface area contributed by atoms with E-state index in [0.29, 0.717) is 36.7 Å². The molecule has 0 bridgehead atoms. The summed E-state index contributed by atoms with van der Waals surface area (Å²) in [7, 11) is 0. The van der Waals surface area contributed by atoms with Crippen molar-refractivity contribution in [1.82, 2.24) is 0 Å². The van der Waals surface area contributed by atoms with Gasteiger partial charge < -0.3 is 14.2 Å². The van der Waals surface area contributed by atoms with Crippen LogP contribution < -0.4 is 9.47 Å². The van der Waals surface area contributed by atoms with Gasteiger partial charge in [-0.2, -0.15) is 0 Å². The van der Waals surface area contributed by atoms with E-state index in [-0.39, 0.29) is 5.97 Å². The Balaban J connectivity index is 3.30. The van der Waals surface area contributed by atoms with Crippen LogP contribution in [0.15, 0.2) is 24.3 Å². The lowest BCUT2D eigenvalue weighted by Gasteiger charge is -2.22. The minimum Gasteiger partial charge on any atom is -0.493 e. The van der Waals surface area contributed by atoms with Crippen molar-refractivity contribution in [2.45, 2.75) is 79.2 Å². The van der Waals surface area contributed by atoms with E-state index in [0.717, 1.165) is 36.8 Å². The van der Waals surface area contributed by atoms with Gasteiger partial charge in [0.15, 0.2) is 0 Å². The van der Waals surface area contributed by atoms with Crippen LogP contribution in [-0.2, 0) is 11.2 Å². The molecule has 27 heavy (non-hydrogen) atoms. The van der Waals surface area contributed by atoms with Crippen molar-refractivity contribution in [1.29, 1.82) is 0 Å². The topological polar surface area (TPSA) is 44.8 Å². The Hall–Kier alpha value is -1.97. The van der Waals surface area contributed by atoms with Gasteiger partial charge in [-0.25, -0.2) is 4.79 Å². The maximum atomic E-state index is 12.6. The molecular formula is C23H36O4. The van der Waals surface area contributed by atoms with Crippen molar-refractivity contribution in [3.8, 4) is 11.5 Å². The zero-order valence-electron chi connectivity index (χ0n) is 17.9. The van der Waals surface area contributed by atoms with Crippen LogP contribution in [0.4, 0.5) is 0 Å². The molecule has 1 aromatic rings. The van der Waals surface area contributed by atoms with Crippen LogP contribution in [0.25, 0.3) is 0 Å². The Labute approximate surface area is 164 Å². The predicted octanol–water partition coefficient (Wildman–Crippen LogP) is 6.12. The Morgan fingerprint density at radius 2 is 1.48 bits per heavy atom. The molecule has 0 aromatic heterocycles. The van der Waals surface area contributed by atoms with Crippen molar-refractivity contribution in [2.75, 3.05) is 13.2 Å². The second-order valence-corrected chi connectivity index (χ2v) is 7.99. The number of carbonyl (C=O) groups is 1. The van der Waals surface area contributed by atoms with Gasteiger partial charge >= 0.3 is 5.97 Å². The summed E-state index contributed by atoms with van der Waals surface area (Å²) in [6, 6.07) is 3.55. The first-order chi connectivity index (χ1) is 12.7. The summed E-state index contributed by atoms with van der Waals surface area (Å²) < 4.78 is 17.6. The number of carbonyl (C=O) groups excluding carboxylic acids is 1. The molecule has 0 saturated carbocycles. The molecule has 0 unspecified atom stereocenters. The van der Waals surface area contributed by atoms with Crippen LogP contribution in [0.1, 0.15) is 83.1 Å². The van der Waals surface area contributed by atoms with Crippen molar-refractivity contribution < 1.29 is 19.0 Å². The Morgan fingerprint density at radius 1 is 1.00 bits per heavy atom. The van der Waals surface area contributed by atoms with Gasteiger partial charge in [0.05, 0.1) is 18.8 Å². The van der Waals surface area contributed by atoms with Gasteiger partial charge in [-0.1, -0.05) is 38.8 Å². The van der Waals surface area contributed by atoms with Crippen molar-refractivity contribution in [3.63, 3.8) is 0 Å². The number of allylic oxidation sites excluding steroid dienone is 1. The monoisotopic (exact) mass is 376 g/mol. The fraction of sp³-hybridized carbons (Fsp3) is 0.609. The molecule has 1 rings (SSSR count). The van der Waals surface area contributed by atoms with E-state index in [4.69, 9.17) is 14.2 Å². The zero-order chi connectivity index (χ0) is 20.4. The summed E-state index contributed by atoms with van der Waals surface area (Å²) in [6.07, 6.45) is 4.64. The zero-order valence-corrected chi connectivity index (χ0v) is 17.9. The second-order valence-electron chi connectivity index (χ2n) is 7.99. The number of benzene rings is 1. The van der Waals surface area contributed by atoms with E-state index >= 15 is 0 Å². The lowest BCUT2D eigenvalue weighted by Crippen LogP contribution is -2.24. The Kier molecular flexibility index (Phi) is 9.40. The molecule has 0 N–H and O–H groups in total. The summed E-state index contributed by atoms with van der Waals surface area (Å²) >= 11 is 0. The third-order valence-corrected chi connectivity index (χ3v) is 3.79. The minimum atomic E-state index is -0.556. The highest BCUT2D eigenvalue weighted by Crippen LogP contribution is 2.34. The highest BCUT2D eigenvalue weighted by Gasteiger charge is 2.22. The molecule has 0 aliphatic heterocycles. The Bertz CT molecular complexity index is 595. The van der Waals surface area contributed by atoms with Gasteiger partial charge in [0.1, 0.15) is 17.1 Å². The highest BCUT2D eigenvalue weighted by molar-refractivity contribution is 5.91. The smallest absolute Gasteiger partial charge is 0.338 e. The summed E-state index contributed by atoms with van der Waals surface area (Å²) in [5.41, 5.74) is 1.86. The molecule has 0 radical (unpaired) electrons. The third kappa shape index (κ3) is 8.51. The van der Waals surface area contributed by atoms with E-state index in [1.807, 2.05) is 27.7 Å². The normalized spacial score (nSPS) is 11.2. The number of hydrogen-bond donors (Lipinski definition) is 0. The van der Waals surface area contributed by atoms with Crippen LogP contribution in [-0.4, -0.2) is 24.8 Å². The van der Waals surface area contributed by atoms with Crippen LogP contribution in [0.2, 0.25) is 0 Å².